The van der Waals surface area contributed by atoms with Crippen LogP contribution in [0.1, 0.15) is 17.2 Å². The number of benzene rings is 2. The maximum Gasteiger partial charge on any atom is 0.126 e. The van der Waals surface area contributed by atoms with E-state index >= 15 is 0 Å². The Morgan fingerprint density at radius 1 is 1.15 bits per heavy atom. The highest BCUT2D eigenvalue weighted by Crippen LogP contribution is 2.26. The van der Waals surface area contributed by atoms with Crippen LogP contribution in [0.3, 0.4) is 0 Å². The Labute approximate surface area is 117 Å². The van der Waals surface area contributed by atoms with E-state index < -0.39 is 0 Å². The normalized spacial score (nSPS) is 12.2. The summed E-state index contributed by atoms with van der Waals surface area (Å²) >= 11 is 0. The van der Waals surface area contributed by atoms with Gasteiger partial charge in [-0.1, -0.05) is 18.2 Å². The minimum atomic E-state index is -0.305. The average Bonchev–Trinajstić information content (AvgIpc) is 2.43. The molecule has 2 N–H and O–H groups in total. The van der Waals surface area contributed by atoms with E-state index in [0.29, 0.717) is 17.8 Å². The van der Waals surface area contributed by atoms with Gasteiger partial charge in [0.05, 0.1) is 6.04 Å². The molecule has 1 atom stereocenters. The minimum Gasteiger partial charge on any atom is -0.366 e. The van der Waals surface area contributed by atoms with Crippen molar-refractivity contribution >= 4 is 5.69 Å². The van der Waals surface area contributed by atoms with E-state index in [0.717, 1.165) is 5.56 Å². The Morgan fingerprint density at radius 3 is 2.50 bits per heavy atom. The summed E-state index contributed by atoms with van der Waals surface area (Å²) in [6, 6.07) is 11.1. The zero-order valence-corrected chi connectivity index (χ0v) is 11.6. The molecule has 1 unspecified atom stereocenters. The lowest BCUT2D eigenvalue weighted by atomic mass is 10.0. The molecule has 0 bridgehead atoms. The molecule has 0 aliphatic rings. The summed E-state index contributed by atoms with van der Waals surface area (Å²) in [4.78, 5) is 1.85. The number of rotatable bonds is 4. The monoisotopic (exact) mass is 276 g/mol. The van der Waals surface area contributed by atoms with E-state index in [4.69, 9.17) is 5.73 Å². The van der Waals surface area contributed by atoms with Crippen LogP contribution in [0.5, 0.6) is 0 Å². The number of aryl methyl sites for hydroxylation is 1. The number of nitrogens with two attached hydrogens (primary N) is 1. The molecule has 0 radical (unpaired) electrons. The number of anilines is 1. The zero-order valence-electron chi connectivity index (χ0n) is 11.6. The standard InChI is InChI=1S/C16H18F2N2/c1-11-6-7-12(8-15(11)18)16(10-19)20(2)14-5-3-4-13(17)9-14/h3-9,16H,10,19H2,1-2H3. The van der Waals surface area contributed by atoms with Crippen molar-refractivity contribution in [2.24, 2.45) is 5.73 Å². The smallest absolute Gasteiger partial charge is 0.126 e. The van der Waals surface area contributed by atoms with Gasteiger partial charge in [-0.3, -0.25) is 0 Å². The summed E-state index contributed by atoms with van der Waals surface area (Å²) < 4.78 is 27.0. The quantitative estimate of drug-likeness (QED) is 0.927. The van der Waals surface area contributed by atoms with Crippen LogP contribution in [-0.2, 0) is 0 Å². The van der Waals surface area contributed by atoms with Crippen molar-refractivity contribution in [1.82, 2.24) is 0 Å². The largest absolute Gasteiger partial charge is 0.366 e. The van der Waals surface area contributed by atoms with Crippen molar-refractivity contribution in [1.29, 1.82) is 0 Å². The first-order chi connectivity index (χ1) is 9.52. The molecule has 106 valence electrons. The van der Waals surface area contributed by atoms with E-state index in [-0.39, 0.29) is 17.7 Å². The lowest BCUT2D eigenvalue weighted by Crippen LogP contribution is -2.30. The second-order valence-corrected chi connectivity index (χ2v) is 4.85. The van der Waals surface area contributed by atoms with Gasteiger partial charge in [-0.25, -0.2) is 8.78 Å². The van der Waals surface area contributed by atoms with Gasteiger partial charge >= 0.3 is 0 Å². The molecule has 2 aromatic carbocycles. The van der Waals surface area contributed by atoms with Crippen LogP contribution in [-0.4, -0.2) is 13.6 Å². The predicted molar refractivity (Wildman–Crippen MR) is 77.7 cm³/mol. The van der Waals surface area contributed by atoms with Gasteiger partial charge in [0.1, 0.15) is 11.6 Å². The van der Waals surface area contributed by atoms with Crippen LogP contribution < -0.4 is 10.6 Å². The van der Waals surface area contributed by atoms with E-state index in [2.05, 4.69) is 0 Å². The Morgan fingerprint density at radius 2 is 1.90 bits per heavy atom. The summed E-state index contributed by atoms with van der Waals surface area (Å²) in [5, 5.41) is 0. The van der Waals surface area contributed by atoms with Crippen molar-refractivity contribution in [3.05, 3.63) is 65.2 Å². The van der Waals surface area contributed by atoms with Crippen molar-refractivity contribution in [2.75, 3.05) is 18.5 Å². The van der Waals surface area contributed by atoms with Gasteiger partial charge < -0.3 is 10.6 Å². The number of hydrogen-bond acceptors (Lipinski definition) is 2. The summed E-state index contributed by atoms with van der Waals surface area (Å²) in [6.45, 7) is 2.03. The van der Waals surface area contributed by atoms with Crippen LogP contribution in [0, 0.1) is 18.6 Å². The molecule has 0 aliphatic heterocycles. The summed E-state index contributed by atoms with van der Waals surface area (Å²) in [7, 11) is 1.82. The topological polar surface area (TPSA) is 29.3 Å². The molecule has 0 aromatic heterocycles. The molecule has 0 aliphatic carbocycles. The molecule has 4 heteroatoms. The van der Waals surface area contributed by atoms with Crippen molar-refractivity contribution < 1.29 is 8.78 Å². The third-order valence-electron chi connectivity index (χ3n) is 3.49. The fourth-order valence-corrected chi connectivity index (χ4v) is 2.21. The predicted octanol–water partition coefficient (Wildman–Crippen LogP) is 3.41. The van der Waals surface area contributed by atoms with Crippen LogP contribution in [0.2, 0.25) is 0 Å². The highest BCUT2D eigenvalue weighted by molar-refractivity contribution is 5.48. The number of likely N-dealkylation sites (N-methyl/N-ethyl adjacent to an activating group) is 1. The highest BCUT2D eigenvalue weighted by atomic mass is 19.1. The molecular weight excluding hydrogens is 258 g/mol. The fourth-order valence-electron chi connectivity index (χ4n) is 2.21. The Kier molecular flexibility index (Phi) is 4.35. The molecule has 2 nitrogen and oxygen atoms in total. The molecule has 0 fully saturated rings. The molecule has 0 saturated heterocycles. The molecule has 0 spiro atoms. The van der Waals surface area contributed by atoms with Gasteiger partial charge in [0.25, 0.3) is 0 Å². The van der Waals surface area contributed by atoms with Crippen molar-refractivity contribution in [2.45, 2.75) is 13.0 Å². The van der Waals surface area contributed by atoms with Crippen LogP contribution in [0.25, 0.3) is 0 Å². The Balaban J connectivity index is 2.33. The Hall–Kier alpha value is -1.94. The summed E-state index contributed by atoms with van der Waals surface area (Å²) in [5.74, 6) is -0.561. The molecular formula is C16H18F2N2. The molecule has 2 aromatic rings. The zero-order chi connectivity index (χ0) is 14.7. The SMILES string of the molecule is Cc1ccc(C(CN)N(C)c2cccc(F)c2)cc1F. The first-order valence-electron chi connectivity index (χ1n) is 6.47. The van der Waals surface area contributed by atoms with E-state index in [9.17, 15) is 8.78 Å². The first-order valence-corrected chi connectivity index (χ1v) is 6.47. The fraction of sp³-hybridized carbons (Fsp3) is 0.250. The molecule has 0 saturated carbocycles. The third kappa shape index (κ3) is 2.96. The van der Waals surface area contributed by atoms with Gasteiger partial charge in [-0.05, 0) is 42.3 Å². The van der Waals surface area contributed by atoms with Gasteiger partial charge in [0.15, 0.2) is 0 Å². The lowest BCUT2D eigenvalue weighted by molar-refractivity contribution is 0.605. The summed E-state index contributed by atoms with van der Waals surface area (Å²) in [5.41, 5.74) is 7.90. The van der Waals surface area contributed by atoms with E-state index in [1.54, 1.807) is 25.1 Å². The second-order valence-electron chi connectivity index (χ2n) is 4.85. The molecule has 0 amide bonds. The average molecular weight is 276 g/mol. The Bertz CT molecular complexity index is 599. The maximum atomic E-state index is 13.7. The van der Waals surface area contributed by atoms with Crippen LogP contribution in [0.4, 0.5) is 14.5 Å². The van der Waals surface area contributed by atoms with Gasteiger partial charge in [0.2, 0.25) is 0 Å². The maximum absolute atomic E-state index is 13.7. The minimum absolute atomic E-state index is 0.202. The second kappa shape index (κ2) is 6.01. The molecule has 2 rings (SSSR count). The molecule has 20 heavy (non-hydrogen) atoms. The number of hydrogen-bond donors (Lipinski definition) is 1. The van der Waals surface area contributed by atoms with Crippen LogP contribution in [0.15, 0.2) is 42.5 Å². The highest BCUT2D eigenvalue weighted by Gasteiger charge is 2.17. The molecule has 0 heterocycles. The van der Waals surface area contributed by atoms with Gasteiger partial charge in [-0.15, -0.1) is 0 Å². The van der Waals surface area contributed by atoms with Crippen molar-refractivity contribution in [3.8, 4) is 0 Å². The summed E-state index contributed by atoms with van der Waals surface area (Å²) in [6.07, 6.45) is 0. The van der Waals surface area contributed by atoms with Gasteiger partial charge in [0, 0.05) is 19.3 Å². The number of nitrogens with zero attached hydrogens (tertiary/aromatic N) is 1. The van der Waals surface area contributed by atoms with E-state index in [1.807, 2.05) is 18.0 Å². The third-order valence-corrected chi connectivity index (χ3v) is 3.49. The van der Waals surface area contributed by atoms with E-state index in [1.165, 1.54) is 18.2 Å². The first kappa shape index (κ1) is 14.5. The van der Waals surface area contributed by atoms with Crippen molar-refractivity contribution in [3.63, 3.8) is 0 Å². The lowest BCUT2D eigenvalue weighted by Gasteiger charge is -2.29. The number of halogens is 2. The van der Waals surface area contributed by atoms with Crippen LogP contribution >= 0.6 is 0 Å². The van der Waals surface area contributed by atoms with Gasteiger partial charge in [-0.2, -0.15) is 0 Å².